The third-order valence-electron chi connectivity index (χ3n) is 2.95. The average Bonchev–Trinajstić information content (AvgIpc) is 3.15. The Balaban J connectivity index is 1.95. The first-order chi connectivity index (χ1) is 8.22. The molecule has 1 fully saturated rings. The number of para-hydroxylation sites is 1. The van der Waals surface area contributed by atoms with E-state index in [1.807, 2.05) is 12.1 Å². The molecular formula is C13H15ClO3. The van der Waals surface area contributed by atoms with E-state index in [4.69, 9.17) is 21.1 Å². The highest BCUT2D eigenvalue weighted by molar-refractivity contribution is 6.32. The van der Waals surface area contributed by atoms with Crippen LogP contribution in [0.4, 0.5) is 0 Å². The van der Waals surface area contributed by atoms with Gasteiger partial charge in [-0.05, 0) is 30.9 Å². The molecule has 1 aromatic carbocycles. The molecule has 1 aliphatic carbocycles. The summed E-state index contributed by atoms with van der Waals surface area (Å²) in [5.74, 6) is 0.657. The van der Waals surface area contributed by atoms with Gasteiger partial charge in [0.1, 0.15) is 12.4 Å². The normalized spacial score (nSPS) is 16.4. The molecule has 0 aliphatic heterocycles. The molecule has 1 saturated carbocycles. The van der Waals surface area contributed by atoms with E-state index in [0.717, 1.165) is 12.8 Å². The molecule has 1 aliphatic rings. The number of hydrogen-bond acceptors (Lipinski definition) is 3. The van der Waals surface area contributed by atoms with Crippen LogP contribution in [0.25, 0.3) is 0 Å². The molecule has 0 N–H and O–H groups in total. The minimum Gasteiger partial charge on any atom is -0.491 e. The lowest BCUT2D eigenvalue weighted by Crippen LogP contribution is -2.25. The van der Waals surface area contributed by atoms with Crippen molar-refractivity contribution >= 4 is 17.6 Å². The van der Waals surface area contributed by atoms with Crippen molar-refractivity contribution in [2.45, 2.75) is 12.8 Å². The Hall–Kier alpha value is -1.22. The lowest BCUT2D eigenvalue weighted by molar-refractivity contribution is -0.147. The molecule has 3 nitrogen and oxygen atoms in total. The maximum atomic E-state index is 11.6. The van der Waals surface area contributed by atoms with E-state index in [-0.39, 0.29) is 11.9 Å². The molecule has 0 heterocycles. The first-order valence-electron chi connectivity index (χ1n) is 5.67. The molecule has 1 unspecified atom stereocenters. The van der Waals surface area contributed by atoms with Gasteiger partial charge in [0, 0.05) is 0 Å². The highest BCUT2D eigenvalue weighted by Crippen LogP contribution is 2.38. The summed E-state index contributed by atoms with van der Waals surface area (Å²) in [6.07, 6.45) is 2.15. The number of rotatable bonds is 5. The van der Waals surface area contributed by atoms with Crippen molar-refractivity contribution in [1.29, 1.82) is 0 Å². The first kappa shape index (κ1) is 12.2. The molecule has 1 atom stereocenters. The van der Waals surface area contributed by atoms with Crippen LogP contribution in [-0.4, -0.2) is 19.7 Å². The van der Waals surface area contributed by atoms with Gasteiger partial charge < -0.3 is 9.47 Å². The number of hydrogen-bond donors (Lipinski definition) is 0. The van der Waals surface area contributed by atoms with E-state index in [1.54, 1.807) is 12.1 Å². The largest absolute Gasteiger partial charge is 0.491 e. The lowest BCUT2D eigenvalue weighted by atomic mass is 10.1. The summed E-state index contributed by atoms with van der Waals surface area (Å²) in [5, 5.41) is 0.562. The summed E-state index contributed by atoms with van der Waals surface area (Å²) in [6.45, 7) is 0.334. The van der Waals surface area contributed by atoms with E-state index >= 15 is 0 Å². The van der Waals surface area contributed by atoms with Crippen LogP contribution < -0.4 is 4.74 Å². The second-order valence-electron chi connectivity index (χ2n) is 4.21. The monoisotopic (exact) mass is 254 g/mol. The van der Waals surface area contributed by atoms with E-state index < -0.39 is 0 Å². The van der Waals surface area contributed by atoms with Crippen LogP contribution >= 0.6 is 11.6 Å². The highest BCUT2D eigenvalue weighted by atomic mass is 35.5. The van der Waals surface area contributed by atoms with Crippen molar-refractivity contribution in [3.8, 4) is 5.75 Å². The highest BCUT2D eigenvalue weighted by Gasteiger charge is 2.37. The summed E-state index contributed by atoms with van der Waals surface area (Å²) in [7, 11) is 1.41. The number of ether oxygens (including phenoxy) is 2. The van der Waals surface area contributed by atoms with Crippen molar-refractivity contribution < 1.29 is 14.3 Å². The smallest absolute Gasteiger partial charge is 0.312 e. The van der Waals surface area contributed by atoms with Crippen molar-refractivity contribution in [2.75, 3.05) is 13.7 Å². The third kappa shape index (κ3) is 3.13. The van der Waals surface area contributed by atoms with Gasteiger partial charge in [-0.3, -0.25) is 4.79 Å². The van der Waals surface area contributed by atoms with Crippen molar-refractivity contribution in [2.24, 2.45) is 11.8 Å². The van der Waals surface area contributed by atoms with E-state index in [1.165, 1.54) is 7.11 Å². The quantitative estimate of drug-likeness (QED) is 0.758. The van der Waals surface area contributed by atoms with Gasteiger partial charge in [-0.2, -0.15) is 0 Å². The second-order valence-corrected chi connectivity index (χ2v) is 4.62. The van der Waals surface area contributed by atoms with Gasteiger partial charge in [-0.25, -0.2) is 0 Å². The molecule has 0 spiro atoms. The topological polar surface area (TPSA) is 35.5 Å². The molecule has 2 rings (SSSR count). The predicted octanol–water partition coefficient (Wildman–Crippen LogP) is 2.92. The average molecular weight is 255 g/mol. The predicted molar refractivity (Wildman–Crippen MR) is 65.2 cm³/mol. The van der Waals surface area contributed by atoms with Gasteiger partial charge in [-0.1, -0.05) is 23.7 Å². The zero-order valence-electron chi connectivity index (χ0n) is 9.69. The second kappa shape index (κ2) is 5.41. The number of carbonyl (C=O) groups excluding carboxylic acids is 1. The van der Waals surface area contributed by atoms with Crippen LogP contribution in [0.2, 0.25) is 5.02 Å². The van der Waals surface area contributed by atoms with Gasteiger partial charge in [0.25, 0.3) is 0 Å². The van der Waals surface area contributed by atoms with Gasteiger partial charge in [-0.15, -0.1) is 0 Å². The standard InChI is InChI=1S/C13H15ClO3/c1-16-13(15)10(9-6-7-9)8-17-12-5-3-2-4-11(12)14/h2-5,9-10H,6-8H2,1H3. The van der Waals surface area contributed by atoms with Crippen LogP contribution in [0.15, 0.2) is 24.3 Å². The Kier molecular flexibility index (Phi) is 3.89. The fourth-order valence-electron chi connectivity index (χ4n) is 1.79. The Labute approximate surface area is 106 Å². The Bertz CT molecular complexity index is 401. The minimum absolute atomic E-state index is 0.170. The summed E-state index contributed by atoms with van der Waals surface area (Å²) < 4.78 is 10.4. The Morgan fingerprint density at radius 3 is 2.76 bits per heavy atom. The summed E-state index contributed by atoms with van der Waals surface area (Å²) in [5.41, 5.74) is 0. The van der Waals surface area contributed by atoms with Crippen LogP contribution in [0.1, 0.15) is 12.8 Å². The van der Waals surface area contributed by atoms with Gasteiger partial charge in [0.05, 0.1) is 18.1 Å². The summed E-state index contributed by atoms with van der Waals surface area (Å²) in [4.78, 5) is 11.6. The SMILES string of the molecule is COC(=O)C(COc1ccccc1Cl)C1CC1. The molecule has 4 heteroatoms. The molecule has 0 bridgehead atoms. The molecule has 0 amide bonds. The van der Waals surface area contributed by atoms with Crippen LogP contribution in [0, 0.1) is 11.8 Å². The van der Waals surface area contributed by atoms with Gasteiger partial charge in [0.15, 0.2) is 0 Å². The van der Waals surface area contributed by atoms with Crippen LogP contribution in [0.3, 0.4) is 0 Å². The number of benzene rings is 1. The number of esters is 1. The zero-order chi connectivity index (χ0) is 12.3. The van der Waals surface area contributed by atoms with Crippen molar-refractivity contribution in [1.82, 2.24) is 0 Å². The van der Waals surface area contributed by atoms with Gasteiger partial charge >= 0.3 is 5.97 Å². The first-order valence-corrected chi connectivity index (χ1v) is 6.05. The molecule has 0 radical (unpaired) electrons. The molecule has 0 saturated heterocycles. The maximum Gasteiger partial charge on any atom is 0.312 e. The lowest BCUT2D eigenvalue weighted by Gasteiger charge is -2.15. The molecule has 1 aromatic rings. The number of methoxy groups -OCH3 is 1. The van der Waals surface area contributed by atoms with E-state index in [0.29, 0.717) is 23.3 Å². The van der Waals surface area contributed by atoms with Crippen molar-refractivity contribution in [3.05, 3.63) is 29.3 Å². The molecule has 92 valence electrons. The Morgan fingerprint density at radius 2 is 2.18 bits per heavy atom. The van der Waals surface area contributed by atoms with E-state index in [2.05, 4.69) is 0 Å². The fourth-order valence-corrected chi connectivity index (χ4v) is 1.98. The van der Waals surface area contributed by atoms with Crippen LogP contribution in [-0.2, 0) is 9.53 Å². The molecule has 17 heavy (non-hydrogen) atoms. The zero-order valence-corrected chi connectivity index (χ0v) is 10.4. The molecule has 0 aromatic heterocycles. The summed E-state index contributed by atoms with van der Waals surface area (Å²) >= 11 is 5.98. The number of carbonyl (C=O) groups is 1. The van der Waals surface area contributed by atoms with E-state index in [9.17, 15) is 4.79 Å². The van der Waals surface area contributed by atoms with Gasteiger partial charge in [0.2, 0.25) is 0 Å². The van der Waals surface area contributed by atoms with Crippen molar-refractivity contribution in [3.63, 3.8) is 0 Å². The fraction of sp³-hybridized carbons (Fsp3) is 0.462. The minimum atomic E-state index is -0.195. The maximum absolute atomic E-state index is 11.6. The Morgan fingerprint density at radius 1 is 1.47 bits per heavy atom. The third-order valence-corrected chi connectivity index (χ3v) is 3.26. The summed E-state index contributed by atoms with van der Waals surface area (Å²) in [6, 6.07) is 7.25. The molecular weight excluding hydrogens is 240 g/mol. The van der Waals surface area contributed by atoms with Crippen LogP contribution in [0.5, 0.6) is 5.75 Å². The number of halogens is 1.